The Kier molecular flexibility index (Phi) is 3.09. The number of hydrogen-bond donors (Lipinski definition) is 1. The Morgan fingerprint density at radius 1 is 1.39 bits per heavy atom. The molecule has 1 N–H and O–H groups in total. The lowest BCUT2D eigenvalue weighted by molar-refractivity contribution is -0.141. The van der Waals surface area contributed by atoms with Crippen LogP contribution in [0, 0.1) is 12.8 Å². The molecule has 4 amide bonds. The molecule has 0 radical (unpaired) electrons. The molecule has 0 saturated carbocycles. The third-order valence-corrected chi connectivity index (χ3v) is 2.63. The summed E-state index contributed by atoms with van der Waals surface area (Å²) < 4.78 is 4.78. The molecule has 8 nitrogen and oxygen atoms in total. The Morgan fingerprint density at radius 3 is 2.72 bits per heavy atom. The van der Waals surface area contributed by atoms with Crippen molar-refractivity contribution in [3.63, 3.8) is 0 Å². The fraction of sp³-hybridized carbons (Fsp3) is 0.500. The van der Waals surface area contributed by atoms with E-state index in [0.29, 0.717) is 11.7 Å². The van der Waals surface area contributed by atoms with Gasteiger partial charge in [-0.1, -0.05) is 5.16 Å². The zero-order valence-electron chi connectivity index (χ0n) is 9.97. The van der Waals surface area contributed by atoms with Gasteiger partial charge in [-0.25, -0.2) is 4.79 Å². The third-order valence-electron chi connectivity index (χ3n) is 2.63. The van der Waals surface area contributed by atoms with Crippen LogP contribution < -0.4 is 5.32 Å². The molecule has 2 heterocycles. The van der Waals surface area contributed by atoms with Gasteiger partial charge in [0.05, 0.1) is 0 Å². The van der Waals surface area contributed by atoms with Crippen molar-refractivity contribution in [2.75, 3.05) is 6.54 Å². The van der Waals surface area contributed by atoms with Crippen LogP contribution in [-0.2, 0) is 16.0 Å². The van der Waals surface area contributed by atoms with Gasteiger partial charge < -0.3 is 4.52 Å². The van der Waals surface area contributed by atoms with Crippen LogP contribution in [0.5, 0.6) is 0 Å². The third kappa shape index (κ3) is 2.22. The molecule has 0 bridgehead atoms. The quantitative estimate of drug-likeness (QED) is 0.736. The first-order chi connectivity index (χ1) is 8.49. The van der Waals surface area contributed by atoms with Gasteiger partial charge in [-0.3, -0.25) is 19.8 Å². The highest BCUT2D eigenvalue weighted by Crippen LogP contribution is 2.10. The molecule has 0 aromatic carbocycles. The predicted octanol–water partition coefficient (Wildman–Crippen LogP) is -0.365. The Hall–Kier alpha value is -2.25. The number of carbonyl (C=O) groups excluding carboxylic acids is 3. The summed E-state index contributed by atoms with van der Waals surface area (Å²) in [5, 5.41) is 5.78. The summed E-state index contributed by atoms with van der Waals surface area (Å²) in [5.41, 5.74) is 0. The number of nitrogens with one attached hydrogen (secondary N) is 1. The van der Waals surface area contributed by atoms with Crippen molar-refractivity contribution >= 4 is 17.8 Å². The van der Waals surface area contributed by atoms with Crippen molar-refractivity contribution in [3.8, 4) is 0 Å². The number of barbiturate groups is 1. The Balaban J connectivity index is 2.02. The maximum atomic E-state index is 11.8. The van der Waals surface area contributed by atoms with Gasteiger partial charge in [0.1, 0.15) is 5.92 Å². The fourth-order valence-corrected chi connectivity index (χ4v) is 1.59. The second-order valence-electron chi connectivity index (χ2n) is 3.99. The maximum absolute atomic E-state index is 11.8. The molecule has 1 aromatic rings. The van der Waals surface area contributed by atoms with Crippen LogP contribution in [0.4, 0.5) is 4.79 Å². The van der Waals surface area contributed by atoms with Crippen molar-refractivity contribution in [1.82, 2.24) is 20.4 Å². The number of amides is 4. The zero-order chi connectivity index (χ0) is 13.3. The van der Waals surface area contributed by atoms with Gasteiger partial charge in [-0.05, 0) is 6.92 Å². The summed E-state index contributed by atoms with van der Waals surface area (Å²) in [6, 6.07) is -0.705. The van der Waals surface area contributed by atoms with E-state index in [1.54, 1.807) is 6.92 Å². The van der Waals surface area contributed by atoms with Gasteiger partial charge in [0.25, 0.3) is 0 Å². The summed E-state index contributed by atoms with van der Waals surface area (Å²) in [6.07, 6.45) is 0.289. The molecule has 1 saturated heterocycles. The van der Waals surface area contributed by atoms with E-state index in [0.717, 1.165) is 4.90 Å². The Bertz CT molecular complexity index is 510. The standard InChI is InChI=1S/C10H12N4O4/c1-5-8(15)12-10(17)14(9(5)16)4-3-7-11-6(2)18-13-7/h5H,3-4H2,1-2H3,(H,12,15,17). The van der Waals surface area contributed by atoms with Crippen molar-refractivity contribution in [1.29, 1.82) is 0 Å². The van der Waals surface area contributed by atoms with Gasteiger partial charge in [-0.15, -0.1) is 0 Å². The van der Waals surface area contributed by atoms with Gasteiger partial charge in [0, 0.05) is 19.9 Å². The average molecular weight is 252 g/mol. The van der Waals surface area contributed by atoms with Crippen LogP contribution in [-0.4, -0.2) is 39.4 Å². The van der Waals surface area contributed by atoms with E-state index < -0.39 is 23.8 Å². The lowest BCUT2D eigenvalue weighted by atomic mass is 10.1. The Morgan fingerprint density at radius 2 is 2.11 bits per heavy atom. The first kappa shape index (κ1) is 12.2. The zero-order valence-corrected chi connectivity index (χ0v) is 9.97. The predicted molar refractivity (Wildman–Crippen MR) is 57.2 cm³/mol. The molecule has 1 unspecified atom stereocenters. The molecular formula is C10H12N4O4. The first-order valence-corrected chi connectivity index (χ1v) is 5.44. The fourth-order valence-electron chi connectivity index (χ4n) is 1.59. The molecule has 96 valence electrons. The van der Waals surface area contributed by atoms with E-state index in [1.165, 1.54) is 6.92 Å². The number of rotatable bonds is 3. The summed E-state index contributed by atoms with van der Waals surface area (Å²) in [7, 11) is 0. The maximum Gasteiger partial charge on any atom is 0.330 e. The summed E-state index contributed by atoms with van der Waals surface area (Å²) >= 11 is 0. The van der Waals surface area contributed by atoms with E-state index in [2.05, 4.69) is 15.5 Å². The highest BCUT2D eigenvalue weighted by Gasteiger charge is 2.37. The molecule has 0 spiro atoms. The van der Waals surface area contributed by atoms with E-state index >= 15 is 0 Å². The number of carbonyl (C=O) groups is 3. The summed E-state index contributed by atoms with van der Waals surface area (Å²) in [4.78, 5) is 39.4. The van der Waals surface area contributed by atoms with Crippen molar-refractivity contribution < 1.29 is 18.9 Å². The van der Waals surface area contributed by atoms with Gasteiger partial charge in [0.15, 0.2) is 5.82 Å². The highest BCUT2D eigenvalue weighted by atomic mass is 16.5. The van der Waals surface area contributed by atoms with Crippen molar-refractivity contribution in [2.24, 2.45) is 5.92 Å². The molecule has 18 heavy (non-hydrogen) atoms. The summed E-state index contributed by atoms with van der Waals surface area (Å²) in [6.45, 7) is 3.22. The second-order valence-corrected chi connectivity index (χ2v) is 3.99. The molecule has 1 aliphatic heterocycles. The molecular weight excluding hydrogens is 240 g/mol. The van der Waals surface area contributed by atoms with E-state index in [4.69, 9.17) is 4.52 Å². The minimum absolute atomic E-state index is 0.112. The lowest BCUT2D eigenvalue weighted by Crippen LogP contribution is -2.57. The van der Waals surface area contributed by atoms with Crippen LogP contribution >= 0.6 is 0 Å². The number of aromatic nitrogens is 2. The molecule has 1 aromatic heterocycles. The molecule has 8 heteroatoms. The van der Waals surface area contributed by atoms with Crippen LogP contribution in [0.25, 0.3) is 0 Å². The van der Waals surface area contributed by atoms with E-state index in [1.807, 2.05) is 0 Å². The number of urea groups is 1. The topological polar surface area (TPSA) is 105 Å². The van der Waals surface area contributed by atoms with Crippen LogP contribution in [0.15, 0.2) is 4.52 Å². The largest absolute Gasteiger partial charge is 0.340 e. The normalized spacial score (nSPS) is 20.2. The number of nitrogens with zero attached hydrogens (tertiary/aromatic N) is 3. The van der Waals surface area contributed by atoms with Crippen LogP contribution in [0.3, 0.4) is 0 Å². The molecule has 0 aliphatic carbocycles. The lowest BCUT2D eigenvalue weighted by Gasteiger charge is -2.27. The van der Waals surface area contributed by atoms with Crippen molar-refractivity contribution in [3.05, 3.63) is 11.7 Å². The van der Waals surface area contributed by atoms with Crippen LogP contribution in [0.1, 0.15) is 18.6 Å². The minimum atomic E-state index is -0.852. The Labute approximate surface area is 102 Å². The molecule has 1 fully saturated rings. The first-order valence-electron chi connectivity index (χ1n) is 5.44. The molecule has 2 rings (SSSR count). The number of hydrogen-bond acceptors (Lipinski definition) is 6. The van der Waals surface area contributed by atoms with E-state index in [-0.39, 0.29) is 13.0 Å². The van der Waals surface area contributed by atoms with E-state index in [9.17, 15) is 14.4 Å². The van der Waals surface area contributed by atoms with Gasteiger partial charge in [-0.2, -0.15) is 4.98 Å². The van der Waals surface area contributed by atoms with Crippen LogP contribution in [0.2, 0.25) is 0 Å². The van der Waals surface area contributed by atoms with Crippen molar-refractivity contribution in [2.45, 2.75) is 20.3 Å². The SMILES string of the molecule is Cc1nc(CCN2C(=O)NC(=O)C(C)C2=O)no1. The van der Waals surface area contributed by atoms with Gasteiger partial charge in [0.2, 0.25) is 17.7 Å². The summed E-state index contributed by atoms with van der Waals surface area (Å²) in [5.74, 6) is -1.10. The molecule has 1 atom stereocenters. The highest BCUT2D eigenvalue weighted by molar-refractivity contribution is 6.15. The second kappa shape index (κ2) is 4.55. The average Bonchev–Trinajstić information content (AvgIpc) is 2.72. The number of imide groups is 2. The smallest absolute Gasteiger partial charge is 0.330 e. The number of aryl methyl sites for hydroxylation is 1. The van der Waals surface area contributed by atoms with Gasteiger partial charge >= 0.3 is 6.03 Å². The molecule has 1 aliphatic rings. The monoisotopic (exact) mass is 252 g/mol. The minimum Gasteiger partial charge on any atom is -0.340 e.